The summed E-state index contributed by atoms with van der Waals surface area (Å²) < 4.78 is 5.91. The molecule has 4 nitrogen and oxygen atoms in total. The van der Waals surface area contributed by atoms with Gasteiger partial charge in [-0.05, 0) is 23.3 Å². The minimum absolute atomic E-state index is 0.0448. The van der Waals surface area contributed by atoms with Gasteiger partial charge in [-0.1, -0.05) is 42.5 Å². The molecule has 2 aromatic carbocycles. The smallest absolute Gasteiger partial charge is 0.221 e. The van der Waals surface area contributed by atoms with Gasteiger partial charge in [0.1, 0.15) is 0 Å². The summed E-state index contributed by atoms with van der Waals surface area (Å²) in [6.45, 7) is 5.01. The van der Waals surface area contributed by atoms with E-state index in [-0.39, 0.29) is 12.0 Å². The summed E-state index contributed by atoms with van der Waals surface area (Å²) in [5.41, 5.74) is 3.32. The fraction of sp³-hybridized carbons (Fsp3) is 0.316. The van der Waals surface area contributed by atoms with Crippen LogP contribution in [0.2, 0.25) is 0 Å². The number of rotatable bonds is 4. The first-order chi connectivity index (χ1) is 11.2. The summed E-state index contributed by atoms with van der Waals surface area (Å²) in [5, 5.41) is 2.79. The number of carbonyl (C=O) groups is 1. The van der Waals surface area contributed by atoms with Crippen LogP contribution in [0.5, 0.6) is 0 Å². The van der Waals surface area contributed by atoms with E-state index in [1.165, 1.54) is 18.1 Å². The van der Waals surface area contributed by atoms with E-state index in [1.807, 2.05) is 18.2 Å². The van der Waals surface area contributed by atoms with Gasteiger partial charge < -0.3 is 10.1 Å². The second kappa shape index (κ2) is 7.40. The molecule has 1 N–H and O–H groups in total. The molecule has 0 bridgehead atoms. The van der Waals surface area contributed by atoms with Crippen LogP contribution < -0.4 is 5.32 Å². The Morgan fingerprint density at radius 2 is 1.91 bits per heavy atom. The Hall–Kier alpha value is -2.17. The van der Waals surface area contributed by atoms with E-state index in [0.717, 1.165) is 31.9 Å². The Bertz CT molecular complexity index is 640. The van der Waals surface area contributed by atoms with Crippen LogP contribution in [0.15, 0.2) is 54.6 Å². The summed E-state index contributed by atoms with van der Waals surface area (Å²) in [7, 11) is 0. The molecule has 1 saturated heterocycles. The number of anilines is 1. The van der Waals surface area contributed by atoms with E-state index in [2.05, 4.69) is 46.6 Å². The molecule has 0 radical (unpaired) electrons. The Morgan fingerprint density at radius 1 is 1.17 bits per heavy atom. The molecule has 2 aromatic rings. The Balaban J connectivity index is 1.60. The van der Waals surface area contributed by atoms with Gasteiger partial charge in [-0.2, -0.15) is 0 Å². The maximum atomic E-state index is 11.1. The molecule has 1 fully saturated rings. The summed E-state index contributed by atoms with van der Waals surface area (Å²) >= 11 is 0. The van der Waals surface area contributed by atoms with E-state index in [4.69, 9.17) is 4.74 Å². The lowest BCUT2D eigenvalue weighted by Gasteiger charge is -2.33. The minimum atomic E-state index is -0.0448. The molecule has 3 rings (SSSR count). The van der Waals surface area contributed by atoms with E-state index >= 15 is 0 Å². The van der Waals surface area contributed by atoms with Gasteiger partial charge in [0, 0.05) is 32.2 Å². The fourth-order valence-electron chi connectivity index (χ4n) is 2.87. The van der Waals surface area contributed by atoms with Crippen LogP contribution in [0, 0.1) is 0 Å². The number of carbonyl (C=O) groups excluding carboxylic acids is 1. The highest BCUT2D eigenvalue weighted by molar-refractivity contribution is 5.88. The van der Waals surface area contributed by atoms with Gasteiger partial charge in [-0.15, -0.1) is 0 Å². The molecule has 0 aliphatic carbocycles. The number of nitrogens with one attached hydrogen (secondary N) is 1. The second-order valence-electron chi connectivity index (χ2n) is 5.88. The summed E-state index contributed by atoms with van der Waals surface area (Å²) in [4.78, 5) is 13.5. The molecule has 4 heteroatoms. The number of hydrogen-bond acceptors (Lipinski definition) is 3. The average Bonchev–Trinajstić information content (AvgIpc) is 2.57. The van der Waals surface area contributed by atoms with Gasteiger partial charge in [0.05, 0.1) is 12.7 Å². The van der Waals surface area contributed by atoms with Crippen LogP contribution in [-0.4, -0.2) is 30.5 Å². The Labute approximate surface area is 137 Å². The number of morpholine rings is 1. The van der Waals surface area contributed by atoms with E-state index < -0.39 is 0 Å². The molecule has 1 aliphatic rings. The molecule has 1 heterocycles. The van der Waals surface area contributed by atoms with Gasteiger partial charge in [0.25, 0.3) is 0 Å². The third-order valence-electron chi connectivity index (χ3n) is 4.00. The molecule has 1 unspecified atom stereocenters. The van der Waals surface area contributed by atoms with Gasteiger partial charge in [-0.3, -0.25) is 9.69 Å². The molecule has 120 valence electrons. The van der Waals surface area contributed by atoms with Gasteiger partial charge in [0.15, 0.2) is 0 Å². The third kappa shape index (κ3) is 4.41. The zero-order valence-electron chi connectivity index (χ0n) is 13.4. The highest BCUT2D eigenvalue weighted by atomic mass is 16.5. The van der Waals surface area contributed by atoms with Crippen LogP contribution >= 0.6 is 0 Å². The van der Waals surface area contributed by atoms with Crippen molar-refractivity contribution in [3.05, 3.63) is 65.7 Å². The molecule has 0 saturated carbocycles. The standard InChI is InChI=1S/C19H22N2O2/c1-15(22)20-18-9-7-16(8-10-18)13-21-11-12-23-19(14-21)17-5-3-2-4-6-17/h2-10,19H,11-14H2,1H3,(H,20,22). The molecular formula is C19H22N2O2. The predicted octanol–water partition coefficient (Wildman–Crippen LogP) is 3.22. The highest BCUT2D eigenvalue weighted by Crippen LogP contribution is 2.23. The highest BCUT2D eigenvalue weighted by Gasteiger charge is 2.21. The number of hydrogen-bond donors (Lipinski definition) is 1. The van der Waals surface area contributed by atoms with Crippen molar-refractivity contribution >= 4 is 11.6 Å². The first-order valence-electron chi connectivity index (χ1n) is 7.96. The molecule has 23 heavy (non-hydrogen) atoms. The van der Waals surface area contributed by atoms with Crippen LogP contribution in [-0.2, 0) is 16.1 Å². The normalized spacial score (nSPS) is 18.6. The van der Waals surface area contributed by atoms with Gasteiger partial charge >= 0.3 is 0 Å². The van der Waals surface area contributed by atoms with Crippen LogP contribution in [0.25, 0.3) is 0 Å². The number of benzene rings is 2. The largest absolute Gasteiger partial charge is 0.371 e. The Morgan fingerprint density at radius 3 is 2.61 bits per heavy atom. The molecule has 0 spiro atoms. The first kappa shape index (κ1) is 15.7. The van der Waals surface area contributed by atoms with E-state index in [9.17, 15) is 4.79 Å². The summed E-state index contributed by atoms with van der Waals surface area (Å²) in [6, 6.07) is 18.4. The van der Waals surface area contributed by atoms with Gasteiger partial charge in [0.2, 0.25) is 5.91 Å². The molecule has 1 aliphatic heterocycles. The summed E-state index contributed by atoms with van der Waals surface area (Å²) in [6.07, 6.45) is 0.142. The maximum absolute atomic E-state index is 11.1. The number of nitrogens with zero attached hydrogens (tertiary/aromatic N) is 1. The monoisotopic (exact) mass is 310 g/mol. The van der Waals surface area contributed by atoms with E-state index in [1.54, 1.807) is 0 Å². The third-order valence-corrected chi connectivity index (χ3v) is 4.00. The van der Waals surface area contributed by atoms with Crippen molar-refractivity contribution in [2.24, 2.45) is 0 Å². The number of amides is 1. The van der Waals surface area contributed by atoms with Crippen molar-refractivity contribution in [1.29, 1.82) is 0 Å². The van der Waals surface area contributed by atoms with Crippen molar-refractivity contribution < 1.29 is 9.53 Å². The lowest BCUT2D eigenvalue weighted by Crippen LogP contribution is -2.37. The zero-order valence-corrected chi connectivity index (χ0v) is 13.4. The number of ether oxygens (including phenoxy) is 1. The topological polar surface area (TPSA) is 41.6 Å². The molecular weight excluding hydrogens is 288 g/mol. The van der Waals surface area contributed by atoms with Crippen LogP contribution in [0.1, 0.15) is 24.2 Å². The van der Waals surface area contributed by atoms with Gasteiger partial charge in [-0.25, -0.2) is 0 Å². The average molecular weight is 310 g/mol. The Kier molecular flexibility index (Phi) is 5.05. The first-order valence-corrected chi connectivity index (χ1v) is 7.96. The fourth-order valence-corrected chi connectivity index (χ4v) is 2.87. The maximum Gasteiger partial charge on any atom is 0.221 e. The van der Waals surface area contributed by atoms with Crippen LogP contribution in [0.3, 0.4) is 0 Å². The molecule has 1 atom stereocenters. The minimum Gasteiger partial charge on any atom is -0.371 e. The SMILES string of the molecule is CC(=O)Nc1ccc(CN2CCOC(c3ccccc3)C2)cc1. The van der Waals surface area contributed by atoms with Crippen molar-refractivity contribution in [3.8, 4) is 0 Å². The quantitative estimate of drug-likeness (QED) is 0.943. The predicted molar refractivity (Wildman–Crippen MR) is 91.2 cm³/mol. The second-order valence-corrected chi connectivity index (χ2v) is 5.88. The van der Waals surface area contributed by atoms with Crippen molar-refractivity contribution in [3.63, 3.8) is 0 Å². The lowest BCUT2D eigenvalue weighted by atomic mass is 10.1. The summed E-state index contributed by atoms with van der Waals surface area (Å²) in [5.74, 6) is -0.0448. The molecule has 1 amide bonds. The van der Waals surface area contributed by atoms with E-state index in [0.29, 0.717) is 0 Å². The van der Waals surface area contributed by atoms with Crippen molar-refractivity contribution in [2.45, 2.75) is 19.6 Å². The van der Waals surface area contributed by atoms with Crippen molar-refractivity contribution in [1.82, 2.24) is 4.90 Å². The zero-order chi connectivity index (χ0) is 16.1. The van der Waals surface area contributed by atoms with Crippen molar-refractivity contribution in [2.75, 3.05) is 25.0 Å². The lowest BCUT2D eigenvalue weighted by molar-refractivity contribution is -0.114. The molecule has 0 aromatic heterocycles. The van der Waals surface area contributed by atoms with Crippen LogP contribution in [0.4, 0.5) is 5.69 Å².